The van der Waals surface area contributed by atoms with Gasteiger partial charge < -0.3 is 16.2 Å². The molecule has 0 saturated carbocycles. The zero-order valence-corrected chi connectivity index (χ0v) is 12.9. The number of hydrogen-bond acceptors (Lipinski definition) is 7. The lowest BCUT2D eigenvalue weighted by atomic mass is 10.1. The number of carboxylic acids is 1. The number of thioether (sulfide) groups is 1. The minimum absolute atomic E-state index is 0.112. The third-order valence-corrected chi connectivity index (χ3v) is 3.74. The number of carbonyl (C=O) groups excluding carboxylic acids is 1. The Labute approximate surface area is 136 Å². The Balaban J connectivity index is 2.01. The van der Waals surface area contributed by atoms with Crippen LogP contribution in [0.15, 0.2) is 35.6 Å². The summed E-state index contributed by atoms with van der Waals surface area (Å²) in [6, 6.07) is 5.94. The van der Waals surface area contributed by atoms with E-state index in [1.807, 2.05) is 6.07 Å². The predicted octanol–water partition coefficient (Wildman–Crippen LogP) is 0.488. The topological polar surface area (TPSA) is 131 Å². The second-order valence-electron chi connectivity index (χ2n) is 4.55. The molecule has 0 aliphatic carbocycles. The van der Waals surface area contributed by atoms with E-state index in [1.165, 1.54) is 11.8 Å². The fraction of sp³-hybridized carbons (Fsp3) is 0.214. The lowest BCUT2D eigenvalue weighted by Gasteiger charge is -2.11. The summed E-state index contributed by atoms with van der Waals surface area (Å²) in [5, 5.41) is 11.8. The molecule has 2 aromatic heterocycles. The first kappa shape index (κ1) is 16.7. The molecule has 4 N–H and O–H groups in total. The van der Waals surface area contributed by atoms with Gasteiger partial charge in [-0.3, -0.25) is 9.78 Å². The van der Waals surface area contributed by atoms with Crippen molar-refractivity contribution >= 4 is 30.0 Å². The van der Waals surface area contributed by atoms with Crippen molar-refractivity contribution in [2.75, 3.05) is 5.73 Å². The number of anilines is 1. The average Bonchev–Trinajstić information content (AvgIpc) is 2.53. The van der Waals surface area contributed by atoms with Crippen molar-refractivity contribution in [3.8, 4) is 0 Å². The van der Waals surface area contributed by atoms with Crippen LogP contribution in [0.4, 0.5) is 5.82 Å². The van der Waals surface area contributed by atoms with Gasteiger partial charge in [0.05, 0.1) is 5.69 Å². The van der Waals surface area contributed by atoms with Crippen LogP contribution in [-0.4, -0.2) is 38.5 Å². The number of aromatic nitrogens is 3. The van der Waals surface area contributed by atoms with Gasteiger partial charge >= 0.3 is 5.97 Å². The summed E-state index contributed by atoms with van der Waals surface area (Å²) < 4.78 is 0. The molecule has 0 fully saturated rings. The van der Waals surface area contributed by atoms with E-state index in [2.05, 4.69) is 20.3 Å². The predicted molar refractivity (Wildman–Crippen MR) is 84.6 cm³/mol. The average molecular weight is 333 g/mol. The smallest absolute Gasteiger partial charge is 0.326 e. The summed E-state index contributed by atoms with van der Waals surface area (Å²) in [5.74, 6) is -0.184. The molecule has 1 atom stereocenters. The van der Waals surface area contributed by atoms with Crippen LogP contribution in [0.1, 0.15) is 11.4 Å². The molecule has 2 aromatic rings. The number of nitrogens with zero attached hydrogens (tertiary/aromatic N) is 3. The molecule has 120 valence electrons. The Kier molecular flexibility index (Phi) is 5.87. The van der Waals surface area contributed by atoms with Gasteiger partial charge in [-0.1, -0.05) is 17.8 Å². The van der Waals surface area contributed by atoms with Gasteiger partial charge in [-0.25, -0.2) is 14.8 Å². The molecule has 2 heterocycles. The summed E-state index contributed by atoms with van der Waals surface area (Å²) in [7, 11) is 0. The molecule has 0 aromatic carbocycles. The monoisotopic (exact) mass is 333 g/mol. The SMILES string of the molecule is Nc1ccnc(SCc2cccc(CC(NC=O)C(=O)O)n2)n1. The van der Waals surface area contributed by atoms with Gasteiger partial charge in [-0.15, -0.1) is 0 Å². The fourth-order valence-corrected chi connectivity index (χ4v) is 2.54. The quantitative estimate of drug-likeness (QED) is 0.361. The minimum Gasteiger partial charge on any atom is -0.480 e. The standard InChI is InChI=1S/C14H15N5O3S/c15-12-4-5-16-14(19-12)23-7-10-3-1-2-9(18-10)6-11(13(21)22)17-8-20/h1-5,8,11H,6-7H2,(H,17,20)(H,21,22)(H2,15,16,19). The van der Waals surface area contributed by atoms with E-state index in [-0.39, 0.29) is 6.42 Å². The van der Waals surface area contributed by atoms with Gasteiger partial charge in [-0.2, -0.15) is 0 Å². The van der Waals surface area contributed by atoms with E-state index in [0.29, 0.717) is 28.8 Å². The minimum atomic E-state index is -1.10. The molecule has 0 aliphatic heterocycles. The number of amides is 1. The van der Waals surface area contributed by atoms with E-state index in [4.69, 9.17) is 10.8 Å². The van der Waals surface area contributed by atoms with Crippen molar-refractivity contribution in [1.29, 1.82) is 0 Å². The number of hydrogen-bond donors (Lipinski definition) is 3. The van der Waals surface area contributed by atoms with Crippen LogP contribution in [-0.2, 0) is 21.8 Å². The highest BCUT2D eigenvalue weighted by Crippen LogP contribution is 2.18. The largest absolute Gasteiger partial charge is 0.480 e. The van der Waals surface area contributed by atoms with Crippen LogP contribution in [0.3, 0.4) is 0 Å². The number of nitrogen functional groups attached to an aromatic ring is 1. The zero-order valence-electron chi connectivity index (χ0n) is 12.0. The molecule has 1 amide bonds. The number of nitrogens with two attached hydrogens (primary N) is 1. The van der Waals surface area contributed by atoms with E-state index in [9.17, 15) is 9.59 Å². The van der Waals surface area contributed by atoms with Gasteiger partial charge in [0.15, 0.2) is 5.16 Å². The molecular weight excluding hydrogens is 318 g/mol. The van der Waals surface area contributed by atoms with Crippen LogP contribution in [0.25, 0.3) is 0 Å². The molecule has 1 unspecified atom stereocenters. The van der Waals surface area contributed by atoms with Crippen molar-refractivity contribution in [1.82, 2.24) is 20.3 Å². The molecule has 0 radical (unpaired) electrons. The van der Waals surface area contributed by atoms with E-state index in [0.717, 1.165) is 5.69 Å². The maximum Gasteiger partial charge on any atom is 0.326 e. The zero-order chi connectivity index (χ0) is 16.7. The van der Waals surface area contributed by atoms with Gasteiger partial charge in [0.1, 0.15) is 11.9 Å². The van der Waals surface area contributed by atoms with Crippen LogP contribution >= 0.6 is 11.8 Å². The Morgan fingerprint density at radius 1 is 1.35 bits per heavy atom. The Hall–Kier alpha value is -2.68. The van der Waals surface area contributed by atoms with Gasteiger partial charge in [0, 0.05) is 24.1 Å². The normalized spacial score (nSPS) is 11.7. The number of aliphatic carboxylic acids is 1. The summed E-state index contributed by atoms with van der Waals surface area (Å²) >= 11 is 1.38. The van der Waals surface area contributed by atoms with Crippen molar-refractivity contribution in [3.05, 3.63) is 41.9 Å². The van der Waals surface area contributed by atoms with Gasteiger partial charge in [0.2, 0.25) is 6.41 Å². The molecule has 9 heteroatoms. The van der Waals surface area contributed by atoms with Crippen molar-refractivity contribution in [2.45, 2.75) is 23.4 Å². The van der Waals surface area contributed by atoms with Crippen molar-refractivity contribution in [3.63, 3.8) is 0 Å². The summed E-state index contributed by atoms with van der Waals surface area (Å²) in [6.45, 7) is 0. The molecular formula is C14H15N5O3S. The first-order chi connectivity index (χ1) is 11.1. The van der Waals surface area contributed by atoms with E-state index in [1.54, 1.807) is 24.4 Å². The van der Waals surface area contributed by atoms with Crippen LogP contribution in [0.2, 0.25) is 0 Å². The molecule has 2 rings (SSSR count). The maximum atomic E-state index is 11.0. The Bertz CT molecular complexity index is 698. The molecule has 0 spiro atoms. The molecule has 23 heavy (non-hydrogen) atoms. The fourth-order valence-electron chi connectivity index (χ4n) is 1.79. The first-order valence-electron chi connectivity index (χ1n) is 6.67. The second kappa shape index (κ2) is 8.08. The molecule has 0 saturated heterocycles. The number of rotatable bonds is 8. The van der Waals surface area contributed by atoms with Crippen molar-refractivity contribution < 1.29 is 14.7 Å². The first-order valence-corrected chi connectivity index (χ1v) is 7.65. The van der Waals surface area contributed by atoms with Crippen LogP contribution in [0.5, 0.6) is 0 Å². The summed E-state index contributed by atoms with van der Waals surface area (Å²) in [6.07, 6.45) is 2.06. The van der Waals surface area contributed by atoms with E-state index >= 15 is 0 Å². The van der Waals surface area contributed by atoms with Crippen LogP contribution < -0.4 is 11.1 Å². The number of carboxylic acid groups (broad SMARTS) is 1. The second-order valence-corrected chi connectivity index (χ2v) is 5.49. The Morgan fingerprint density at radius 3 is 2.83 bits per heavy atom. The third kappa shape index (κ3) is 5.22. The highest BCUT2D eigenvalue weighted by Gasteiger charge is 2.17. The summed E-state index contributed by atoms with van der Waals surface area (Å²) in [5.41, 5.74) is 6.93. The Morgan fingerprint density at radius 2 is 2.13 bits per heavy atom. The lowest BCUT2D eigenvalue weighted by molar-refractivity contribution is -0.140. The summed E-state index contributed by atoms with van der Waals surface area (Å²) in [4.78, 5) is 34.0. The van der Waals surface area contributed by atoms with E-state index < -0.39 is 12.0 Å². The highest BCUT2D eigenvalue weighted by molar-refractivity contribution is 7.98. The molecule has 0 aliphatic rings. The maximum absolute atomic E-state index is 11.0. The third-order valence-electron chi connectivity index (χ3n) is 2.85. The lowest BCUT2D eigenvalue weighted by Crippen LogP contribution is -2.37. The highest BCUT2D eigenvalue weighted by atomic mass is 32.2. The molecule has 0 bridgehead atoms. The van der Waals surface area contributed by atoms with Crippen LogP contribution in [0, 0.1) is 0 Å². The molecule has 8 nitrogen and oxygen atoms in total. The number of carbonyl (C=O) groups is 2. The van der Waals surface area contributed by atoms with Gasteiger partial charge in [-0.05, 0) is 18.2 Å². The number of pyridine rings is 1. The van der Waals surface area contributed by atoms with Crippen molar-refractivity contribution in [2.24, 2.45) is 0 Å². The van der Waals surface area contributed by atoms with Gasteiger partial charge in [0.25, 0.3) is 0 Å². The number of nitrogens with one attached hydrogen (secondary N) is 1.